The van der Waals surface area contributed by atoms with Gasteiger partial charge in [-0.2, -0.15) is 5.10 Å². The molecule has 23 heavy (non-hydrogen) atoms. The van der Waals surface area contributed by atoms with Crippen molar-refractivity contribution in [2.24, 2.45) is 5.10 Å². The Labute approximate surface area is 138 Å². The number of rotatable bonds is 5. The van der Waals surface area contributed by atoms with Gasteiger partial charge in [0.15, 0.2) is 0 Å². The van der Waals surface area contributed by atoms with Crippen molar-refractivity contribution in [3.8, 4) is 11.5 Å². The van der Waals surface area contributed by atoms with Crippen LogP contribution in [0.4, 0.5) is 0 Å². The Morgan fingerprint density at radius 3 is 2.61 bits per heavy atom. The molecule has 0 atom stereocenters. The molecule has 0 unspecified atom stereocenters. The maximum Gasteiger partial charge on any atom is 0.281 e. The van der Waals surface area contributed by atoms with E-state index in [0.717, 1.165) is 11.3 Å². The number of hydrogen-bond acceptors (Lipinski definition) is 4. The van der Waals surface area contributed by atoms with Crippen molar-refractivity contribution in [2.75, 3.05) is 0 Å². The maximum absolute atomic E-state index is 11.8. The normalized spacial score (nSPS) is 10.6. The van der Waals surface area contributed by atoms with E-state index in [4.69, 9.17) is 4.74 Å². The van der Waals surface area contributed by atoms with Gasteiger partial charge >= 0.3 is 0 Å². The molecule has 1 aromatic heterocycles. The van der Waals surface area contributed by atoms with Crippen LogP contribution in [-0.2, 0) is 0 Å². The first-order valence-electron chi connectivity index (χ1n) is 7.01. The van der Waals surface area contributed by atoms with Gasteiger partial charge in [0.2, 0.25) is 0 Å². The Balaban J connectivity index is 1.63. The number of nitrogens with zero attached hydrogens (tertiary/aromatic N) is 1. The number of ether oxygens (including phenoxy) is 1. The quantitative estimate of drug-likeness (QED) is 0.562. The smallest absolute Gasteiger partial charge is 0.281 e. The molecular weight excluding hydrogens is 308 g/mol. The molecule has 114 valence electrons. The summed E-state index contributed by atoms with van der Waals surface area (Å²) in [5.41, 5.74) is 3.34. The number of para-hydroxylation sites is 1. The van der Waals surface area contributed by atoms with E-state index in [1.807, 2.05) is 66.0 Å². The third-order valence-electron chi connectivity index (χ3n) is 2.96. The molecule has 2 aromatic carbocycles. The van der Waals surface area contributed by atoms with Crippen molar-refractivity contribution in [1.82, 2.24) is 5.43 Å². The molecule has 0 saturated heterocycles. The van der Waals surface area contributed by atoms with Gasteiger partial charge in [0.1, 0.15) is 11.5 Å². The Hall–Kier alpha value is -2.92. The van der Waals surface area contributed by atoms with Crippen LogP contribution in [0.2, 0.25) is 0 Å². The summed E-state index contributed by atoms with van der Waals surface area (Å²) in [6.07, 6.45) is 1.59. The molecular formula is C18H14N2O2S. The second-order valence-corrected chi connectivity index (χ2v) is 5.61. The molecule has 0 aliphatic heterocycles. The van der Waals surface area contributed by atoms with E-state index >= 15 is 0 Å². The number of thiophene rings is 1. The highest BCUT2D eigenvalue weighted by Crippen LogP contribution is 2.21. The predicted octanol–water partition coefficient (Wildman–Crippen LogP) is 4.30. The summed E-state index contributed by atoms with van der Waals surface area (Å²) in [6, 6.07) is 20.6. The van der Waals surface area contributed by atoms with Crippen LogP contribution in [0, 0.1) is 0 Å². The molecule has 0 radical (unpaired) electrons. The summed E-state index contributed by atoms with van der Waals surface area (Å²) < 4.78 is 5.76. The van der Waals surface area contributed by atoms with Crippen LogP contribution < -0.4 is 10.2 Å². The fraction of sp³-hybridized carbons (Fsp3) is 0. The summed E-state index contributed by atoms with van der Waals surface area (Å²) in [4.78, 5) is 12.4. The zero-order valence-corrected chi connectivity index (χ0v) is 13.0. The van der Waals surface area contributed by atoms with Gasteiger partial charge in [-0.25, -0.2) is 5.43 Å². The summed E-state index contributed by atoms with van der Waals surface area (Å²) in [5.74, 6) is 1.27. The van der Waals surface area contributed by atoms with Crippen LogP contribution in [0.3, 0.4) is 0 Å². The minimum Gasteiger partial charge on any atom is -0.457 e. The van der Waals surface area contributed by atoms with Gasteiger partial charge < -0.3 is 4.74 Å². The minimum absolute atomic E-state index is 0.215. The lowest BCUT2D eigenvalue weighted by molar-refractivity contribution is 0.0959. The molecule has 0 aliphatic carbocycles. The third kappa shape index (κ3) is 4.28. The molecule has 3 aromatic rings. The molecule has 0 bridgehead atoms. The van der Waals surface area contributed by atoms with Gasteiger partial charge in [-0.1, -0.05) is 36.4 Å². The summed E-state index contributed by atoms with van der Waals surface area (Å²) in [5, 5.41) is 5.82. The average Bonchev–Trinajstić information content (AvgIpc) is 3.11. The van der Waals surface area contributed by atoms with Gasteiger partial charge in [-0.3, -0.25) is 4.79 Å². The van der Waals surface area contributed by atoms with Crippen LogP contribution in [0.25, 0.3) is 0 Å². The van der Waals surface area contributed by atoms with E-state index in [1.165, 1.54) is 11.3 Å². The molecule has 1 amide bonds. The number of benzene rings is 2. The fourth-order valence-corrected chi connectivity index (χ4v) is 2.52. The molecule has 0 aliphatic rings. The largest absolute Gasteiger partial charge is 0.457 e. The molecule has 0 spiro atoms. The maximum atomic E-state index is 11.8. The average molecular weight is 322 g/mol. The first-order chi connectivity index (χ1) is 11.3. The topological polar surface area (TPSA) is 50.7 Å². The van der Waals surface area contributed by atoms with Crippen molar-refractivity contribution in [3.63, 3.8) is 0 Å². The lowest BCUT2D eigenvalue weighted by Crippen LogP contribution is -2.16. The van der Waals surface area contributed by atoms with E-state index in [0.29, 0.717) is 10.6 Å². The highest BCUT2D eigenvalue weighted by molar-refractivity contribution is 7.12. The minimum atomic E-state index is -0.215. The van der Waals surface area contributed by atoms with E-state index in [9.17, 15) is 4.79 Å². The van der Waals surface area contributed by atoms with Crippen LogP contribution in [0.1, 0.15) is 15.2 Å². The van der Waals surface area contributed by atoms with Crippen LogP contribution in [0.5, 0.6) is 11.5 Å². The number of nitrogens with one attached hydrogen (secondary N) is 1. The molecule has 0 fully saturated rings. The Kier molecular flexibility index (Phi) is 4.81. The first-order valence-corrected chi connectivity index (χ1v) is 7.89. The summed E-state index contributed by atoms with van der Waals surface area (Å²) in [6.45, 7) is 0. The third-order valence-corrected chi connectivity index (χ3v) is 3.83. The number of carbonyl (C=O) groups excluding carboxylic acids is 1. The molecule has 5 heteroatoms. The number of hydrogen-bond donors (Lipinski definition) is 1. The molecule has 3 rings (SSSR count). The zero-order valence-electron chi connectivity index (χ0n) is 12.2. The van der Waals surface area contributed by atoms with Crippen molar-refractivity contribution in [2.45, 2.75) is 0 Å². The predicted molar refractivity (Wildman–Crippen MR) is 92.3 cm³/mol. The number of amides is 1. The lowest BCUT2D eigenvalue weighted by Gasteiger charge is -2.05. The Bertz CT molecular complexity index is 799. The fourth-order valence-electron chi connectivity index (χ4n) is 1.91. The van der Waals surface area contributed by atoms with E-state index in [2.05, 4.69) is 10.5 Å². The van der Waals surface area contributed by atoms with Crippen molar-refractivity contribution >= 4 is 23.5 Å². The van der Waals surface area contributed by atoms with Gasteiger partial charge in [-0.15, -0.1) is 11.3 Å². The Morgan fingerprint density at radius 1 is 1.00 bits per heavy atom. The van der Waals surface area contributed by atoms with Crippen LogP contribution in [-0.4, -0.2) is 12.1 Å². The summed E-state index contributed by atoms with van der Waals surface area (Å²) >= 11 is 1.38. The molecule has 1 heterocycles. The van der Waals surface area contributed by atoms with Crippen LogP contribution in [0.15, 0.2) is 77.2 Å². The second kappa shape index (κ2) is 7.38. The zero-order chi connectivity index (χ0) is 15.9. The van der Waals surface area contributed by atoms with Gasteiger partial charge in [-0.05, 0) is 41.3 Å². The molecule has 1 N–H and O–H groups in total. The van der Waals surface area contributed by atoms with E-state index in [-0.39, 0.29) is 5.91 Å². The highest BCUT2D eigenvalue weighted by Gasteiger charge is 2.03. The first kappa shape index (κ1) is 15.0. The standard InChI is InChI=1S/C18H14N2O2S/c21-18(17-10-5-11-23-17)20-19-13-14-6-4-9-16(12-14)22-15-7-2-1-3-8-15/h1-13H,(H,20,21)/b19-13-. The second-order valence-electron chi connectivity index (χ2n) is 4.66. The molecule has 4 nitrogen and oxygen atoms in total. The van der Waals surface area contributed by atoms with Crippen molar-refractivity contribution in [3.05, 3.63) is 82.6 Å². The van der Waals surface area contributed by atoms with Crippen LogP contribution >= 0.6 is 11.3 Å². The van der Waals surface area contributed by atoms with Crippen molar-refractivity contribution in [1.29, 1.82) is 0 Å². The highest BCUT2D eigenvalue weighted by atomic mass is 32.1. The lowest BCUT2D eigenvalue weighted by atomic mass is 10.2. The van der Waals surface area contributed by atoms with E-state index in [1.54, 1.807) is 12.3 Å². The van der Waals surface area contributed by atoms with Crippen molar-refractivity contribution < 1.29 is 9.53 Å². The molecule has 0 saturated carbocycles. The number of hydrazone groups is 1. The monoisotopic (exact) mass is 322 g/mol. The van der Waals surface area contributed by atoms with Gasteiger partial charge in [0, 0.05) is 0 Å². The number of carbonyl (C=O) groups is 1. The summed E-state index contributed by atoms with van der Waals surface area (Å²) in [7, 11) is 0. The van der Waals surface area contributed by atoms with Gasteiger partial charge in [0.25, 0.3) is 5.91 Å². The SMILES string of the molecule is O=C(N/N=C\c1cccc(Oc2ccccc2)c1)c1cccs1. The Morgan fingerprint density at radius 2 is 1.83 bits per heavy atom. The van der Waals surface area contributed by atoms with E-state index < -0.39 is 0 Å². The van der Waals surface area contributed by atoms with Gasteiger partial charge in [0.05, 0.1) is 11.1 Å².